The van der Waals surface area contributed by atoms with E-state index in [2.05, 4.69) is 10.6 Å². The molecule has 2 fully saturated rings. The predicted octanol–water partition coefficient (Wildman–Crippen LogP) is 3.30. The number of carbonyl (C=O) groups is 1. The van der Waals surface area contributed by atoms with Crippen LogP contribution >= 0.6 is 24.0 Å². The van der Waals surface area contributed by atoms with Crippen LogP contribution < -0.4 is 10.6 Å². The van der Waals surface area contributed by atoms with Gasteiger partial charge in [-0.2, -0.15) is 0 Å². The Labute approximate surface area is 143 Å². The van der Waals surface area contributed by atoms with Crippen molar-refractivity contribution in [3.05, 3.63) is 34.9 Å². The van der Waals surface area contributed by atoms with Gasteiger partial charge >= 0.3 is 0 Å². The van der Waals surface area contributed by atoms with Gasteiger partial charge in [-0.05, 0) is 30.5 Å². The minimum absolute atomic E-state index is 0. The number of halogens is 2. The molecule has 1 aliphatic heterocycles. The van der Waals surface area contributed by atoms with Crippen LogP contribution in [0.4, 0.5) is 0 Å². The Morgan fingerprint density at radius 1 is 1.18 bits per heavy atom. The van der Waals surface area contributed by atoms with Gasteiger partial charge in [-0.1, -0.05) is 43.0 Å². The molecule has 0 spiro atoms. The Bertz CT molecular complexity index is 494. The lowest BCUT2D eigenvalue weighted by Crippen LogP contribution is -2.52. The van der Waals surface area contributed by atoms with Crippen molar-refractivity contribution in [1.29, 1.82) is 0 Å². The largest absolute Gasteiger partial charge is 0.355 e. The maximum Gasteiger partial charge on any atom is 0.230 e. The third-order valence-corrected chi connectivity index (χ3v) is 5.21. The standard InChI is InChI=1S/C17H23ClN2O.ClH/c18-15-6-4-14(5-7-15)17(8-2-1-3-9-17)16(21)20-12-13-10-19-11-13;/h4-7,13,19H,1-3,8-12H2,(H,20,21);1H. The van der Waals surface area contributed by atoms with Gasteiger partial charge < -0.3 is 10.6 Å². The first-order chi connectivity index (χ1) is 10.2. The maximum absolute atomic E-state index is 12.9. The van der Waals surface area contributed by atoms with E-state index in [0.717, 1.165) is 55.9 Å². The summed E-state index contributed by atoms with van der Waals surface area (Å²) in [6, 6.07) is 7.85. The zero-order valence-electron chi connectivity index (χ0n) is 12.7. The molecule has 122 valence electrons. The summed E-state index contributed by atoms with van der Waals surface area (Å²) in [4.78, 5) is 12.9. The molecule has 1 saturated heterocycles. The average Bonchev–Trinajstić information content (AvgIpc) is 2.47. The number of nitrogens with one attached hydrogen (secondary N) is 2. The maximum atomic E-state index is 12.9. The van der Waals surface area contributed by atoms with Crippen molar-refractivity contribution in [3.8, 4) is 0 Å². The van der Waals surface area contributed by atoms with Crippen molar-refractivity contribution in [2.24, 2.45) is 5.92 Å². The van der Waals surface area contributed by atoms with Crippen LogP contribution in [0.25, 0.3) is 0 Å². The summed E-state index contributed by atoms with van der Waals surface area (Å²) in [5.41, 5.74) is 0.774. The molecule has 1 heterocycles. The number of amides is 1. The number of rotatable bonds is 4. The molecule has 0 bridgehead atoms. The quantitative estimate of drug-likeness (QED) is 0.881. The second kappa shape index (κ2) is 7.67. The summed E-state index contributed by atoms with van der Waals surface area (Å²) in [7, 11) is 0. The van der Waals surface area contributed by atoms with Crippen LogP contribution in [0.3, 0.4) is 0 Å². The van der Waals surface area contributed by atoms with E-state index in [4.69, 9.17) is 11.6 Å². The van der Waals surface area contributed by atoms with Gasteiger partial charge in [0, 0.05) is 30.6 Å². The minimum atomic E-state index is -0.347. The second-order valence-corrected chi connectivity index (χ2v) is 6.82. The fourth-order valence-corrected chi connectivity index (χ4v) is 3.60. The third-order valence-electron chi connectivity index (χ3n) is 4.96. The summed E-state index contributed by atoms with van der Waals surface area (Å²) < 4.78 is 0. The van der Waals surface area contributed by atoms with Crippen LogP contribution in [0.15, 0.2) is 24.3 Å². The lowest BCUT2D eigenvalue weighted by atomic mass is 9.68. The first-order valence-corrected chi connectivity index (χ1v) is 8.33. The molecule has 5 heteroatoms. The minimum Gasteiger partial charge on any atom is -0.355 e. The Kier molecular flexibility index (Phi) is 6.13. The van der Waals surface area contributed by atoms with Gasteiger partial charge in [0.15, 0.2) is 0 Å². The zero-order valence-corrected chi connectivity index (χ0v) is 14.3. The Morgan fingerprint density at radius 3 is 2.36 bits per heavy atom. The van der Waals surface area contributed by atoms with Crippen molar-refractivity contribution >= 4 is 29.9 Å². The van der Waals surface area contributed by atoms with Crippen molar-refractivity contribution in [2.45, 2.75) is 37.5 Å². The van der Waals surface area contributed by atoms with Gasteiger partial charge in [0.2, 0.25) is 5.91 Å². The monoisotopic (exact) mass is 342 g/mol. The summed E-state index contributed by atoms with van der Waals surface area (Å²) in [6.07, 6.45) is 5.38. The highest BCUT2D eigenvalue weighted by Crippen LogP contribution is 2.40. The molecule has 0 aromatic heterocycles. The molecular formula is C17H24Cl2N2O. The van der Waals surface area contributed by atoms with E-state index < -0.39 is 0 Å². The van der Waals surface area contributed by atoms with E-state index in [1.54, 1.807) is 0 Å². The molecule has 2 aliphatic rings. The molecule has 1 aromatic rings. The van der Waals surface area contributed by atoms with Gasteiger partial charge in [-0.25, -0.2) is 0 Å². The van der Waals surface area contributed by atoms with E-state index in [9.17, 15) is 4.79 Å². The van der Waals surface area contributed by atoms with Crippen LogP contribution in [-0.4, -0.2) is 25.5 Å². The Hall–Kier alpha value is -0.770. The van der Waals surface area contributed by atoms with E-state index in [1.807, 2.05) is 24.3 Å². The Morgan fingerprint density at radius 2 is 1.82 bits per heavy atom. The molecule has 3 nitrogen and oxygen atoms in total. The first-order valence-electron chi connectivity index (χ1n) is 7.96. The molecule has 0 radical (unpaired) electrons. The van der Waals surface area contributed by atoms with Gasteiger partial charge in [0.25, 0.3) is 0 Å². The predicted molar refractivity (Wildman–Crippen MR) is 92.8 cm³/mol. The molecule has 22 heavy (non-hydrogen) atoms. The second-order valence-electron chi connectivity index (χ2n) is 6.38. The third kappa shape index (κ3) is 3.58. The van der Waals surface area contributed by atoms with E-state index >= 15 is 0 Å². The molecule has 1 aliphatic carbocycles. The van der Waals surface area contributed by atoms with Crippen molar-refractivity contribution in [3.63, 3.8) is 0 Å². The highest BCUT2D eigenvalue weighted by atomic mass is 35.5. The number of hydrogen-bond donors (Lipinski definition) is 2. The average molecular weight is 343 g/mol. The summed E-state index contributed by atoms with van der Waals surface area (Å²) in [6.45, 7) is 2.84. The van der Waals surface area contributed by atoms with Crippen LogP contribution in [0, 0.1) is 5.92 Å². The summed E-state index contributed by atoms with van der Waals surface area (Å²) >= 11 is 6.00. The highest BCUT2D eigenvalue weighted by Gasteiger charge is 2.41. The van der Waals surface area contributed by atoms with Crippen LogP contribution in [0.5, 0.6) is 0 Å². The van der Waals surface area contributed by atoms with Crippen LogP contribution in [-0.2, 0) is 10.2 Å². The molecule has 1 aromatic carbocycles. The van der Waals surface area contributed by atoms with E-state index in [-0.39, 0.29) is 23.7 Å². The van der Waals surface area contributed by atoms with Gasteiger partial charge in [0.1, 0.15) is 0 Å². The smallest absolute Gasteiger partial charge is 0.230 e. The highest BCUT2D eigenvalue weighted by molar-refractivity contribution is 6.30. The molecule has 2 N–H and O–H groups in total. The molecule has 0 atom stereocenters. The summed E-state index contributed by atoms with van der Waals surface area (Å²) in [5.74, 6) is 0.802. The SMILES string of the molecule is Cl.O=C(NCC1CNC1)C1(c2ccc(Cl)cc2)CCCCC1. The van der Waals surface area contributed by atoms with E-state index in [0.29, 0.717) is 5.92 Å². The van der Waals surface area contributed by atoms with Gasteiger partial charge in [-0.15, -0.1) is 12.4 Å². The zero-order chi connectivity index (χ0) is 14.7. The van der Waals surface area contributed by atoms with Crippen LogP contribution in [0.2, 0.25) is 5.02 Å². The fourth-order valence-electron chi connectivity index (χ4n) is 3.47. The van der Waals surface area contributed by atoms with Crippen molar-refractivity contribution in [2.75, 3.05) is 19.6 Å². The molecule has 3 rings (SSSR count). The lowest BCUT2D eigenvalue weighted by Gasteiger charge is -2.37. The fraction of sp³-hybridized carbons (Fsp3) is 0.588. The normalized spacial score (nSPS) is 20.6. The molecular weight excluding hydrogens is 319 g/mol. The van der Waals surface area contributed by atoms with Crippen molar-refractivity contribution < 1.29 is 4.79 Å². The van der Waals surface area contributed by atoms with Crippen LogP contribution in [0.1, 0.15) is 37.7 Å². The van der Waals surface area contributed by atoms with Crippen molar-refractivity contribution in [1.82, 2.24) is 10.6 Å². The number of hydrogen-bond acceptors (Lipinski definition) is 2. The van der Waals surface area contributed by atoms with Gasteiger partial charge in [0.05, 0.1) is 5.41 Å². The topological polar surface area (TPSA) is 41.1 Å². The first kappa shape index (κ1) is 17.6. The van der Waals surface area contributed by atoms with Gasteiger partial charge in [-0.3, -0.25) is 4.79 Å². The molecule has 1 saturated carbocycles. The molecule has 1 amide bonds. The molecule has 0 unspecified atom stereocenters. The number of carbonyl (C=O) groups excluding carboxylic acids is 1. The number of benzene rings is 1. The summed E-state index contributed by atoms with van der Waals surface area (Å²) in [5, 5.41) is 7.17. The lowest BCUT2D eigenvalue weighted by molar-refractivity contribution is -0.128. The van der Waals surface area contributed by atoms with E-state index in [1.165, 1.54) is 6.42 Å². The Balaban J connectivity index is 0.00000176.